The lowest BCUT2D eigenvalue weighted by Crippen LogP contribution is -2.36. The van der Waals surface area contributed by atoms with Gasteiger partial charge in [0.1, 0.15) is 16.4 Å². The summed E-state index contributed by atoms with van der Waals surface area (Å²) in [7, 11) is -2.56. The number of nitrogens with zero attached hydrogens (tertiary/aromatic N) is 1. The molecule has 8 heteroatoms. The molecule has 1 amide bonds. The van der Waals surface area contributed by atoms with E-state index < -0.39 is 10.1 Å². The number of carbonyl (C=O) groups excluding carboxylic acids is 1. The fourth-order valence-corrected chi connectivity index (χ4v) is 3.80. The van der Waals surface area contributed by atoms with Gasteiger partial charge in [-0.25, -0.2) is 0 Å². The summed E-state index contributed by atoms with van der Waals surface area (Å²) in [4.78, 5) is 14.4. The van der Waals surface area contributed by atoms with Crippen LogP contribution in [0.2, 0.25) is 0 Å². The summed E-state index contributed by atoms with van der Waals surface area (Å²) in [5, 5.41) is 0. The molecule has 1 aromatic heterocycles. The number of benzene rings is 2. The number of amides is 1. The van der Waals surface area contributed by atoms with Crippen LogP contribution in [0.5, 0.6) is 11.5 Å². The normalized spacial score (nSPS) is 11.3. The van der Waals surface area contributed by atoms with E-state index in [0.717, 1.165) is 0 Å². The molecule has 3 rings (SSSR count). The van der Waals surface area contributed by atoms with Gasteiger partial charge in [0.05, 0.1) is 19.9 Å². The first-order valence-electron chi connectivity index (χ1n) is 9.32. The third kappa shape index (κ3) is 4.83. The Morgan fingerprint density at radius 2 is 1.73 bits per heavy atom. The van der Waals surface area contributed by atoms with Gasteiger partial charge in [-0.15, -0.1) is 0 Å². The SMILES string of the molecule is COc1ccc(S(=O)(=O)Oc2ccccc2CN(C(=O)c2ccco2)C(C)C)cc1. The molecule has 0 aliphatic carbocycles. The summed E-state index contributed by atoms with van der Waals surface area (Å²) >= 11 is 0. The molecule has 30 heavy (non-hydrogen) atoms. The maximum absolute atomic E-state index is 12.8. The zero-order valence-electron chi connectivity index (χ0n) is 16.9. The molecule has 2 aromatic carbocycles. The van der Waals surface area contributed by atoms with Crippen molar-refractivity contribution in [2.24, 2.45) is 0 Å². The molecule has 158 valence electrons. The fourth-order valence-electron chi connectivity index (χ4n) is 2.84. The minimum absolute atomic E-state index is 0.00507. The Morgan fingerprint density at radius 1 is 1.03 bits per heavy atom. The predicted octanol–water partition coefficient (Wildman–Crippen LogP) is 4.11. The van der Waals surface area contributed by atoms with E-state index in [-0.39, 0.29) is 34.9 Å². The van der Waals surface area contributed by atoms with Crippen molar-refractivity contribution in [3.8, 4) is 11.5 Å². The van der Waals surface area contributed by atoms with Gasteiger partial charge in [-0.2, -0.15) is 8.42 Å². The van der Waals surface area contributed by atoms with Crippen LogP contribution in [0.25, 0.3) is 0 Å². The summed E-state index contributed by atoms with van der Waals surface area (Å²) in [6.07, 6.45) is 1.43. The van der Waals surface area contributed by atoms with Crippen LogP contribution in [0.4, 0.5) is 0 Å². The van der Waals surface area contributed by atoms with Crippen LogP contribution in [-0.2, 0) is 16.7 Å². The maximum Gasteiger partial charge on any atom is 0.339 e. The van der Waals surface area contributed by atoms with Crippen molar-refractivity contribution in [3.05, 3.63) is 78.3 Å². The van der Waals surface area contributed by atoms with Gasteiger partial charge in [-0.05, 0) is 56.3 Å². The molecule has 0 aliphatic rings. The van der Waals surface area contributed by atoms with Gasteiger partial charge in [0, 0.05) is 11.6 Å². The van der Waals surface area contributed by atoms with E-state index in [1.54, 1.807) is 53.4 Å². The van der Waals surface area contributed by atoms with Crippen LogP contribution in [0, 0.1) is 0 Å². The summed E-state index contributed by atoms with van der Waals surface area (Å²) in [6.45, 7) is 3.91. The zero-order valence-corrected chi connectivity index (χ0v) is 17.8. The number of ether oxygens (including phenoxy) is 1. The second-order valence-corrected chi connectivity index (χ2v) is 8.37. The van der Waals surface area contributed by atoms with Crippen molar-refractivity contribution < 1.29 is 26.5 Å². The third-order valence-electron chi connectivity index (χ3n) is 4.48. The van der Waals surface area contributed by atoms with Crippen molar-refractivity contribution >= 4 is 16.0 Å². The monoisotopic (exact) mass is 429 g/mol. The standard InChI is InChI=1S/C22H23NO6S/c1-16(2)23(22(24)21-9-6-14-28-21)15-17-7-4-5-8-20(17)29-30(25,26)19-12-10-18(27-3)11-13-19/h4-14,16H,15H2,1-3H3. The number of methoxy groups -OCH3 is 1. The van der Waals surface area contributed by atoms with Crippen LogP contribution in [0.15, 0.2) is 76.2 Å². The molecule has 0 fully saturated rings. The number of carbonyl (C=O) groups is 1. The molecular formula is C22H23NO6S. The van der Waals surface area contributed by atoms with Crippen molar-refractivity contribution in [2.45, 2.75) is 31.3 Å². The van der Waals surface area contributed by atoms with Crippen LogP contribution in [-0.4, -0.2) is 32.4 Å². The first kappa shape index (κ1) is 21.4. The predicted molar refractivity (Wildman–Crippen MR) is 111 cm³/mol. The van der Waals surface area contributed by atoms with Crippen LogP contribution in [0.1, 0.15) is 30.0 Å². The quantitative estimate of drug-likeness (QED) is 0.501. The van der Waals surface area contributed by atoms with E-state index in [9.17, 15) is 13.2 Å². The molecule has 0 saturated carbocycles. The van der Waals surface area contributed by atoms with Gasteiger partial charge in [0.15, 0.2) is 5.76 Å². The highest BCUT2D eigenvalue weighted by Gasteiger charge is 2.24. The zero-order chi connectivity index (χ0) is 21.7. The van der Waals surface area contributed by atoms with E-state index in [1.807, 2.05) is 13.8 Å². The Hall–Kier alpha value is -3.26. The van der Waals surface area contributed by atoms with E-state index >= 15 is 0 Å². The second kappa shape index (κ2) is 9.04. The second-order valence-electron chi connectivity index (χ2n) is 6.82. The lowest BCUT2D eigenvalue weighted by atomic mass is 10.1. The largest absolute Gasteiger partial charge is 0.497 e. The molecule has 0 radical (unpaired) electrons. The summed E-state index contributed by atoms with van der Waals surface area (Å²) in [6, 6.07) is 15.7. The van der Waals surface area contributed by atoms with Gasteiger partial charge >= 0.3 is 10.1 Å². The minimum atomic E-state index is -4.06. The molecule has 0 bridgehead atoms. The van der Waals surface area contributed by atoms with Crippen LogP contribution in [0.3, 0.4) is 0 Å². The Labute approximate surface area is 176 Å². The molecule has 0 N–H and O–H groups in total. The van der Waals surface area contributed by atoms with Gasteiger partial charge in [-0.3, -0.25) is 4.79 Å². The van der Waals surface area contributed by atoms with Crippen LogP contribution < -0.4 is 8.92 Å². The van der Waals surface area contributed by atoms with Crippen molar-refractivity contribution in [1.82, 2.24) is 4.90 Å². The summed E-state index contributed by atoms with van der Waals surface area (Å²) in [5.41, 5.74) is 0.559. The lowest BCUT2D eigenvalue weighted by Gasteiger charge is -2.26. The first-order valence-corrected chi connectivity index (χ1v) is 10.7. The highest BCUT2D eigenvalue weighted by atomic mass is 32.2. The molecule has 1 heterocycles. The number of hydrogen-bond donors (Lipinski definition) is 0. The smallest absolute Gasteiger partial charge is 0.339 e. The average molecular weight is 429 g/mol. The molecule has 0 aliphatic heterocycles. The van der Waals surface area contributed by atoms with Gasteiger partial charge in [0.25, 0.3) is 5.91 Å². The third-order valence-corrected chi connectivity index (χ3v) is 5.73. The number of rotatable bonds is 8. The van der Waals surface area contributed by atoms with Crippen molar-refractivity contribution in [1.29, 1.82) is 0 Å². The Balaban J connectivity index is 1.86. The van der Waals surface area contributed by atoms with E-state index in [0.29, 0.717) is 11.3 Å². The molecule has 0 saturated heterocycles. The number of hydrogen-bond acceptors (Lipinski definition) is 6. The summed E-state index contributed by atoms with van der Waals surface area (Å²) in [5.74, 6) is 0.625. The first-order chi connectivity index (χ1) is 14.3. The van der Waals surface area contributed by atoms with Gasteiger partial charge < -0.3 is 18.2 Å². The van der Waals surface area contributed by atoms with E-state index in [1.165, 1.54) is 25.5 Å². The molecule has 0 atom stereocenters. The lowest BCUT2D eigenvalue weighted by molar-refractivity contribution is 0.0657. The Morgan fingerprint density at radius 3 is 2.33 bits per heavy atom. The van der Waals surface area contributed by atoms with Gasteiger partial charge in [-0.1, -0.05) is 18.2 Å². The number of para-hydroxylation sites is 1. The molecule has 7 nitrogen and oxygen atoms in total. The van der Waals surface area contributed by atoms with Crippen molar-refractivity contribution in [2.75, 3.05) is 7.11 Å². The van der Waals surface area contributed by atoms with Crippen molar-refractivity contribution in [3.63, 3.8) is 0 Å². The molecule has 3 aromatic rings. The number of furan rings is 1. The summed E-state index contributed by atoms with van der Waals surface area (Å²) < 4.78 is 41.2. The minimum Gasteiger partial charge on any atom is -0.497 e. The van der Waals surface area contributed by atoms with E-state index in [2.05, 4.69) is 0 Å². The molecular weight excluding hydrogens is 406 g/mol. The fraction of sp³-hybridized carbons (Fsp3) is 0.227. The highest BCUT2D eigenvalue weighted by molar-refractivity contribution is 7.87. The topological polar surface area (TPSA) is 86.1 Å². The van der Waals surface area contributed by atoms with E-state index in [4.69, 9.17) is 13.3 Å². The van der Waals surface area contributed by atoms with Gasteiger partial charge in [0.2, 0.25) is 0 Å². The Kier molecular flexibility index (Phi) is 6.47. The average Bonchev–Trinajstić information content (AvgIpc) is 3.27. The molecule has 0 unspecified atom stereocenters. The highest BCUT2D eigenvalue weighted by Crippen LogP contribution is 2.26. The van der Waals surface area contributed by atoms with Crippen LogP contribution >= 0.6 is 0 Å². The Bertz CT molecular complexity index is 1090. The molecule has 0 spiro atoms. The maximum atomic E-state index is 12.8.